The van der Waals surface area contributed by atoms with Crippen molar-refractivity contribution in [3.05, 3.63) is 29.3 Å². The first-order chi connectivity index (χ1) is 9.15. The molecule has 2 N–H and O–H groups in total. The van der Waals surface area contributed by atoms with Crippen molar-refractivity contribution in [2.24, 2.45) is 0 Å². The maximum absolute atomic E-state index is 14.1. The summed E-state index contributed by atoms with van der Waals surface area (Å²) in [6.45, 7) is 7.91. The molecule has 0 saturated heterocycles. The molecule has 3 nitrogen and oxygen atoms in total. The van der Waals surface area contributed by atoms with Crippen LogP contribution >= 0.6 is 0 Å². The lowest BCUT2D eigenvalue weighted by Gasteiger charge is -2.27. The SMILES string of the molecule is CC(CO)N(C)c1c(F)cc(CNC(C)(C)C)cc1F. The molecular formula is C15H24F2N2O. The third-order valence-electron chi connectivity index (χ3n) is 3.18. The fourth-order valence-corrected chi connectivity index (χ4v) is 1.77. The van der Waals surface area contributed by atoms with Crippen LogP contribution in [-0.2, 0) is 6.54 Å². The van der Waals surface area contributed by atoms with Crippen molar-refractivity contribution >= 4 is 5.69 Å². The average molecular weight is 286 g/mol. The van der Waals surface area contributed by atoms with E-state index in [0.29, 0.717) is 12.1 Å². The van der Waals surface area contributed by atoms with E-state index in [0.717, 1.165) is 0 Å². The quantitative estimate of drug-likeness (QED) is 0.873. The van der Waals surface area contributed by atoms with E-state index in [1.54, 1.807) is 14.0 Å². The van der Waals surface area contributed by atoms with Crippen LogP contribution in [0.5, 0.6) is 0 Å². The smallest absolute Gasteiger partial charge is 0.149 e. The molecule has 114 valence electrons. The van der Waals surface area contributed by atoms with Crippen LogP contribution in [-0.4, -0.2) is 30.3 Å². The summed E-state index contributed by atoms with van der Waals surface area (Å²) in [7, 11) is 1.56. The van der Waals surface area contributed by atoms with Crippen LogP contribution in [0.2, 0.25) is 0 Å². The van der Waals surface area contributed by atoms with E-state index in [1.807, 2.05) is 20.8 Å². The van der Waals surface area contributed by atoms with Gasteiger partial charge in [0.1, 0.15) is 17.3 Å². The third-order valence-corrected chi connectivity index (χ3v) is 3.18. The zero-order valence-corrected chi connectivity index (χ0v) is 12.8. The Balaban J connectivity index is 2.97. The normalized spacial score (nSPS) is 13.4. The van der Waals surface area contributed by atoms with Gasteiger partial charge >= 0.3 is 0 Å². The van der Waals surface area contributed by atoms with Gasteiger partial charge in [-0.25, -0.2) is 8.78 Å². The van der Waals surface area contributed by atoms with E-state index in [2.05, 4.69) is 5.32 Å². The number of aliphatic hydroxyl groups excluding tert-OH is 1. The summed E-state index contributed by atoms with van der Waals surface area (Å²) in [5, 5.41) is 12.3. The predicted octanol–water partition coefficient (Wildman–Crippen LogP) is 2.67. The first-order valence-electron chi connectivity index (χ1n) is 6.72. The van der Waals surface area contributed by atoms with Gasteiger partial charge in [0.15, 0.2) is 0 Å². The van der Waals surface area contributed by atoms with Crippen molar-refractivity contribution < 1.29 is 13.9 Å². The van der Waals surface area contributed by atoms with Gasteiger partial charge in [0.05, 0.1) is 6.61 Å². The topological polar surface area (TPSA) is 35.5 Å². The molecule has 0 fully saturated rings. The molecule has 20 heavy (non-hydrogen) atoms. The van der Waals surface area contributed by atoms with Crippen molar-refractivity contribution in [1.82, 2.24) is 5.32 Å². The Morgan fingerprint density at radius 3 is 2.15 bits per heavy atom. The molecule has 1 aromatic carbocycles. The average Bonchev–Trinajstić information content (AvgIpc) is 2.33. The number of aliphatic hydroxyl groups is 1. The summed E-state index contributed by atoms with van der Waals surface area (Å²) in [5.74, 6) is -1.22. The monoisotopic (exact) mass is 286 g/mol. The van der Waals surface area contributed by atoms with E-state index >= 15 is 0 Å². The summed E-state index contributed by atoms with van der Waals surface area (Å²) in [5.41, 5.74) is 0.336. The van der Waals surface area contributed by atoms with E-state index < -0.39 is 11.6 Å². The van der Waals surface area contributed by atoms with Crippen LogP contribution in [0.4, 0.5) is 14.5 Å². The summed E-state index contributed by atoms with van der Waals surface area (Å²) < 4.78 is 28.2. The van der Waals surface area contributed by atoms with Crippen LogP contribution in [0.15, 0.2) is 12.1 Å². The van der Waals surface area contributed by atoms with Crippen LogP contribution in [0.3, 0.4) is 0 Å². The van der Waals surface area contributed by atoms with Gasteiger partial charge in [-0.05, 0) is 45.4 Å². The van der Waals surface area contributed by atoms with Gasteiger partial charge in [-0.2, -0.15) is 0 Å². The zero-order chi connectivity index (χ0) is 15.5. The van der Waals surface area contributed by atoms with Crippen LogP contribution in [0.25, 0.3) is 0 Å². The molecule has 0 aromatic heterocycles. The van der Waals surface area contributed by atoms with Crippen LogP contribution < -0.4 is 10.2 Å². The van der Waals surface area contributed by atoms with Gasteiger partial charge in [0.25, 0.3) is 0 Å². The largest absolute Gasteiger partial charge is 0.394 e. The molecule has 0 amide bonds. The van der Waals surface area contributed by atoms with Crippen molar-refractivity contribution in [2.75, 3.05) is 18.6 Å². The minimum atomic E-state index is -0.612. The lowest BCUT2D eigenvalue weighted by molar-refractivity contribution is 0.269. The van der Waals surface area contributed by atoms with Gasteiger partial charge in [-0.1, -0.05) is 0 Å². The Kier molecular flexibility index (Phi) is 5.48. The number of hydrogen-bond acceptors (Lipinski definition) is 3. The van der Waals surface area contributed by atoms with Crippen molar-refractivity contribution in [2.45, 2.75) is 45.8 Å². The minimum Gasteiger partial charge on any atom is -0.394 e. The highest BCUT2D eigenvalue weighted by Gasteiger charge is 2.19. The second-order valence-electron chi connectivity index (χ2n) is 6.15. The standard InChI is InChI=1S/C15H24F2N2O/c1-10(9-20)19(5)14-12(16)6-11(7-13(14)17)8-18-15(2,3)4/h6-7,10,18,20H,8-9H2,1-5H3. The number of likely N-dealkylation sites (N-methyl/N-ethyl adjacent to an activating group) is 1. The highest BCUT2D eigenvalue weighted by Crippen LogP contribution is 2.25. The molecule has 1 unspecified atom stereocenters. The van der Waals surface area contributed by atoms with Crippen molar-refractivity contribution in [3.8, 4) is 0 Å². The Hall–Kier alpha value is -1.20. The molecule has 0 saturated carbocycles. The number of rotatable bonds is 5. The van der Waals surface area contributed by atoms with Gasteiger partial charge in [-0.15, -0.1) is 0 Å². The van der Waals surface area contributed by atoms with Gasteiger partial charge in [0, 0.05) is 25.2 Å². The lowest BCUT2D eigenvalue weighted by Crippen LogP contribution is -2.35. The molecule has 0 radical (unpaired) electrons. The number of halogens is 2. The molecule has 1 rings (SSSR count). The Morgan fingerprint density at radius 2 is 1.75 bits per heavy atom. The molecule has 0 aliphatic heterocycles. The number of nitrogens with one attached hydrogen (secondary N) is 1. The number of anilines is 1. The fraction of sp³-hybridized carbons (Fsp3) is 0.600. The predicted molar refractivity (Wildman–Crippen MR) is 77.9 cm³/mol. The van der Waals surface area contributed by atoms with E-state index in [1.165, 1.54) is 17.0 Å². The van der Waals surface area contributed by atoms with E-state index in [4.69, 9.17) is 5.11 Å². The van der Waals surface area contributed by atoms with Gasteiger partial charge in [0.2, 0.25) is 0 Å². The second kappa shape index (κ2) is 6.50. The van der Waals surface area contributed by atoms with Gasteiger partial charge in [-0.3, -0.25) is 0 Å². The number of hydrogen-bond donors (Lipinski definition) is 2. The van der Waals surface area contributed by atoms with Crippen molar-refractivity contribution in [1.29, 1.82) is 0 Å². The van der Waals surface area contributed by atoms with Crippen molar-refractivity contribution in [3.63, 3.8) is 0 Å². The molecule has 0 heterocycles. The summed E-state index contributed by atoms with van der Waals surface area (Å²) in [6, 6.07) is 2.31. The third kappa shape index (κ3) is 4.42. The molecule has 5 heteroatoms. The van der Waals surface area contributed by atoms with Crippen LogP contribution in [0, 0.1) is 11.6 Å². The minimum absolute atomic E-state index is 0.106. The highest BCUT2D eigenvalue weighted by molar-refractivity contribution is 5.50. The molecule has 0 spiro atoms. The molecular weight excluding hydrogens is 262 g/mol. The Labute approximate surface area is 119 Å². The summed E-state index contributed by atoms with van der Waals surface area (Å²) in [4.78, 5) is 1.41. The first kappa shape index (κ1) is 16.9. The maximum atomic E-state index is 14.1. The lowest BCUT2D eigenvalue weighted by atomic mass is 10.1. The second-order valence-corrected chi connectivity index (χ2v) is 6.15. The molecule has 1 atom stereocenters. The molecule has 0 aliphatic carbocycles. The van der Waals surface area contributed by atoms with Gasteiger partial charge < -0.3 is 15.3 Å². The van der Waals surface area contributed by atoms with E-state index in [-0.39, 0.29) is 23.9 Å². The maximum Gasteiger partial charge on any atom is 0.149 e. The molecule has 1 aromatic rings. The summed E-state index contributed by atoms with van der Waals surface area (Å²) in [6.07, 6.45) is 0. The Bertz CT molecular complexity index is 435. The zero-order valence-electron chi connectivity index (χ0n) is 12.8. The van der Waals surface area contributed by atoms with Crippen LogP contribution in [0.1, 0.15) is 33.3 Å². The van der Waals surface area contributed by atoms with E-state index in [9.17, 15) is 8.78 Å². The highest BCUT2D eigenvalue weighted by atomic mass is 19.1. The fourth-order valence-electron chi connectivity index (χ4n) is 1.77. The molecule has 0 bridgehead atoms. The Morgan fingerprint density at radius 1 is 1.25 bits per heavy atom. The summed E-state index contributed by atoms with van der Waals surface area (Å²) >= 11 is 0. The number of nitrogens with zero attached hydrogens (tertiary/aromatic N) is 1. The first-order valence-corrected chi connectivity index (χ1v) is 6.72. The molecule has 0 aliphatic rings. The number of benzene rings is 1.